The van der Waals surface area contributed by atoms with Gasteiger partial charge in [0.2, 0.25) is 0 Å². The van der Waals surface area contributed by atoms with Gasteiger partial charge in [0, 0.05) is 35.8 Å². The Hall–Kier alpha value is -3.06. The predicted molar refractivity (Wildman–Crippen MR) is 98.6 cm³/mol. The van der Waals surface area contributed by atoms with Crippen molar-refractivity contribution < 1.29 is 0 Å². The fraction of sp³-hybridized carbons (Fsp3) is 0.263. The summed E-state index contributed by atoms with van der Waals surface area (Å²) in [5.74, 6) is 0.416. The predicted octanol–water partition coefficient (Wildman–Crippen LogP) is 2.47. The van der Waals surface area contributed by atoms with Crippen LogP contribution < -0.4 is 5.32 Å². The number of nitrogens with zero attached hydrogens (tertiary/aromatic N) is 6. The highest BCUT2D eigenvalue weighted by Crippen LogP contribution is 2.28. The van der Waals surface area contributed by atoms with Crippen molar-refractivity contribution in [1.29, 1.82) is 0 Å². The zero-order valence-electron chi connectivity index (χ0n) is 14.3. The summed E-state index contributed by atoms with van der Waals surface area (Å²) in [7, 11) is 0. The maximum absolute atomic E-state index is 4.82. The van der Waals surface area contributed by atoms with Crippen LogP contribution in [0.3, 0.4) is 0 Å². The van der Waals surface area contributed by atoms with Gasteiger partial charge >= 0.3 is 0 Å². The van der Waals surface area contributed by atoms with Gasteiger partial charge in [0.05, 0.1) is 17.4 Å². The number of hydrogen-bond acceptors (Lipinski definition) is 5. The van der Waals surface area contributed by atoms with Gasteiger partial charge in [-0.25, -0.2) is 0 Å². The van der Waals surface area contributed by atoms with E-state index in [1.165, 1.54) is 6.42 Å². The van der Waals surface area contributed by atoms with Crippen LogP contribution in [0.5, 0.6) is 0 Å². The number of hydrogen-bond donors (Lipinski definition) is 1. The molecular weight excluding hydrogens is 326 g/mol. The molecule has 1 saturated heterocycles. The van der Waals surface area contributed by atoms with Gasteiger partial charge in [0.15, 0.2) is 0 Å². The molecule has 130 valence electrons. The molecule has 0 spiro atoms. The van der Waals surface area contributed by atoms with E-state index in [0.29, 0.717) is 5.92 Å². The first kappa shape index (κ1) is 15.2. The molecule has 1 fully saturated rings. The quantitative estimate of drug-likeness (QED) is 0.617. The Kier molecular flexibility index (Phi) is 3.71. The maximum Gasteiger partial charge on any atom is 0.102 e. The molecule has 0 amide bonds. The van der Waals surface area contributed by atoms with Crippen molar-refractivity contribution in [1.82, 2.24) is 35.3 Å². The van der Waals surface area contributed by atoms with Gasteiger partial charge in [0.1, 0.15) is 5.69 Å². The van der Waals surface area contributed by atoms with Gasteiger partial charge in [-0.15, -0.1) is 19.8 Å². The molecule has 0 radical (unpaired) electrons. The van der Waals surface area contributed by atoms with Crippen LogP contribution in [0.15, 0.2) is 55.0 Å². The number of fused-ring (bicyclic) bond motifs is 1. The van der Waals surface area contributed by atoms with E-state index < -0.39 is 0 Å². The van der Waals surface area contributed by atoms with Crippen LogP contribution in [0.1, 0.15) is 24.5 Å². The standard InChI is InChI=1S/C19H19N7/c1-2-6-18-16(5-1)19(14-7-10-20-11-8-14)23-26(18)25-13-17(22-24-25)15-4-3-9-21-12-15/h1-2,5-8,10-11,13,15,21H,3-4,9,12H2. The lowest BCUT2D eigenvalue weighted by atomic mass is 9.97. The van der Waals surface area contributed by atoms with Crippen molar-refractivity contribution in [2.24, 2.45) is 0 Å². The van der Waals surface area contributed by atoms with E-state index in [0.717, 1.165) is 47.4 Å². The Morgan fingerprint density at radius 2 is 1.96 bits per heavy atom. The molecule has 1 aromatic carbocycles. The summed E-state index contributed by atoms with van der Waals surface area (Å²) in [6, 6.07) is 12.1. The molecule has 4 aromatic rings. The number of pyridine rings is 1. The van der Waals surface area contributed by atoms with Crippen LogP contribution in [-0.4, -0.2) is 43.1 Å². The summed E-state index contributed by atoms with van der Waals surface area (Å²) in [5, 5.41) is 18.1. The lowest BCUT2D eigenvalue weighted by molar-refractivity contribution is 0.454. The molecule has 3 aromatic heterocycles. The van der Waals surface area contributed by atoms with E-state index in [9.17, 15) is 0 Å². The number of rotatable bonds is 3. The van der Waals surface area contributed by atoms with Gasteiger partial charge < -0.3 is 5.32 Å². The van der Waals surface area contributed by atoms with Crippen LogP contribution in [-0.2, 0) is 0 Å². The smallest absolute Gasteiger partial charge is 0.102 e. The molecule has 26 heavy (non-hydrogen) atoms. The first-order valence-electron chi connectivity index (χ1n) is 8.92. The van der Waals surface area contributed by atoms with Crippen LogP contribution in [0.4, 0.5) is 0 Å². The molecular formula is C19H19N7. The van der Waals surface area contributed by atoms with Crippen LogP contribution in [0.25, 0.3) is 22.2 Å². The second-order valence-corrected chi connectivity index (χ2v) is 6.60. The lowest BCUT2D eigenvalue weighted by Crippen LogP contribution is -2.28. The van der Waals surface area contributed by atoms with E-state index in [-0.39, 0.29) is 0 Å². The number of benzene rings is 1. The molecule has 1 unspecified atom stereocenters. The van der Waals surface area contributed by atoms with Crippen molar-refractivity contribution in [3.05, 3.63) is 60.7 Å². The van der Waals surface area contributed by atoms with E-state index in [1.54, 1.807) is 17.2 Å². The highest BCUT2D eigenvalue weighted by Gasteiger charge is 2.20. The second-order valence-electron chi connectivity index (χ2n) is 6.60. The minimum absolute atomic E-state index is 0.416. The Morgan fingerprint density at radius 3 is 2.81 bits per heavy atom. The van der Waals surface area contributed by atoms with Gasteiger partial charge in [-0.1, -0.05) is 18.2 Å². The van der Waals surface area contributed by atoms with E-state index in [4.69, 9.17) is 5.10 Å². The number of aromatic nitrogens is 6. The molecule has 7 heteroatoms. The molecule has 0 aliphatic carbocycles. The summed E-state index contributed by atoms with van der Waals surface area (Å²) < 4.78 is 0. The fourth-order valence-corrected chi connectivity index (χ4v) is 3.58. The Bertz CT molecular complexity index is 1030. The average molecular weight is 345 g/mol. The van der Waals surface area contributed by atoms with Crippen LogP contribution in [0, 0.1) is 0 Å². The highest BCUT2D eigenvalue weighted by atomic mass is 15.7. The summed E-state index contributed by atoms with van der Waals surface area (Å²) in [4.78, 5) is 7.65. The average Bonchev–Trinajstić information content (AvgIpc) is 3.34. The molecule has 1 atom stereocenters. The monoisotopic (exact) mass is 345 g/mol. The minimum Gasteiger partial charge on any atom is -0.316 e. The van der Waals surface area contributed by atoms with Gasteiger partial charge in [0.25, 0.3) is 0 Å². The van der Waals surface area contributed by atoms with E-state index in [1.807, 2.05) is 35.3 Å². The molecule has 4 heterocycles. The molecule has 0 bridgehead atoms. The van der Waals surface area contributed by atoms with E-state index in [2.05, 4.69) is 32.7 Å². The van der Waals surface area contributed by atoms with Gasteiger partial charge in [-0.05, 0) is 42.8 Å². The largest absolute Gasteiger partial charge is 0.316 e. The third-order valence-corrected chi connectivity index (χ3v) is 4.93. The summed E-state index contributed by atoms with van der Waals surface area (Å²) in [6.07, 6.45) is 7.88. The van der Waals surface area contributed by atoms with Crippen molar-refractivity contribution in [3.8, 4) is 11.3 Å². The Morgan fingerprint density at radius 1 is 1.08 bits per heavy atom. The highest BCUT2D eigenvalue weighted by molar-refractivity contribution is 5.93. The van der Waals surface area contributed by atoms with Gasteiger partial charge in [-0.3, -0.25) is 4.98 Å². The topological polar surface area (TPSA) is 73.5 Å². The lowest BCUT2D eigenvalue weighted by Gasteiger charge is -2.20. The minimum atomic E-state index is 0.416. The molecule has 1 aliphatic rings. The number of para-hydroxylation sites is 1. The first-order chi connectivity index (χ1) is 12.9. The summed E-state index contributed by atoms with van der Waals surface area (Å²) >= 11 is 0. The fourth-order valence-electron chi connectivity index (χ4n) is 3.58. The van der Waals surface area contributed by atoms with E-state index >= 15 is 0 Å². The number of nitrogens with one attached hydrogen (secondary N) is 1. The number of piperidine rings is 1. The van der Waals surface area contributed by atoms with Crippen LogP contribution >= 0.6 is 0 Å². The first-order valence-corrected chi connectivity index (χ1v) is 8.92. The normalized spacial score (nSPS) is 17.6. The Balaban J connectivity index is 1.60. The van der Waals surface area contributed by atoms with Crippen molar-refractivity contribution in [3.63, 3.8) is 0 Å². The van der Waals surface area contributed by atoms with Crippen molar-refractivity contribution in [2.75, 3.05) is 13.1 Å². The molecule has 7 nitrogen and oxygen atoms in total. The van der Waals surface area contributed by atoms with Gasteiger partial charge in [-0.2, -0.15) is 0 Å². The maximum atomic E-state index is 4.82. The summed E-state index contributed by atoms with van der Waals surface area (Å²) in [5.41, 5.74) is 3.96. The molecule has 1 aliphatic heterocycles. The van der Waals surface area contributed by atoms with Crippen molar-refractivity contribution in [2.45, 2.75) is 18.8 Å². The zero-order chi connectivity index (χ0) is 17.3. The molecule has 5 rings (SSSR count). The third-order valence-electron chi connectivity index (χ3n) is 4.93. The SMILES string of the molecule is c1ccc2c(c1)c(-c1ccncc1)nn2-n1cc(C2CCCNC2)nn1. The van der Waals surface area contributed by atoms with Crippen molar-refractivity contribution >= 4 is 10.9 Å². The second kappa shape index (κ2) is 6.34. The zero-order valence-corrected chi connectivity index (χ0v) is 14.3. The van der Waals surface area contributed by atoms with Crippen LogP contribution in [0.2, 0.25) is 0 Å². The molecule has 0 saturated carbocycles. The Labute approximate surface area is 150 Å². The molecule has 1 N–H and O–H groups in total. The third kappa shape index (κ3) is 2.57. The summed E-state index contributed by atoms with van der Waals surface area (Å²) in [6.45, 7) is 2.05.